The molecule has 5 rings (SSSR count). The van der Waals surface area contributed by atoms with Crippen molar-refractivity contribution in [1.82, 2.24) is 14.8 Å². The van der Waals surface area contributed by atoms with Gasteiger partial charge in [-0.3, -0.25) is 9.59 Å². The minimum atomic E-state index is 0.0231. The number of fused-ring (bicyclic) bond motifs is 1. The third-order valence-corrected chi connectivity index (χ3v) is 6.42. The van der Waals surface area contributed by atoms with E-state index in [0.717, 1.165) is 34.3 Å². The average Bonchev–Trinajstić information content (AvgIpc) is 3.45. The first-order valence-electron chi connectivity index (χ1n) is 9.72. The van der Waals surface area contributed by atoms with Gasteiger partial charge in [-0.15, -0.1) is 11.3 Å². The van der Waals surface area contributed by atoms with Gasteiger partial charge in [0.05, 0.1) is 21.7 Å². The first-order valence-corrected chi connectivity index (χ1v) is 10.6. The summed E-state index contributed by atoms with van der Waals surface area (Å²) in [6.07, 6.45) is 2.04. The number of rotatable bonds is 3. The van der Waals surface area contributed by atoms with Gasteiger partial charge in [-0.2, -0.15) is 0 Å². The third-order valence-electron chi connectivity index (χ3n) is 5.53. The van der Waals surface area contributed by atoms with Gasteiger partial charge in [0.15, 0.2) is 0 Å². The van der Waals surface area contributed by atoms with Crippen LogP contribution in [0.25, 0.3) is 21.5 Å². The highest BCUT2D eigenvalue weighted by molar-refractivity contribution is 7.13. The van der Waals surface area contributed by atoms with Crippen molar-refractivity contribution in [2.24, 2.45) is 5.92 Å². The zero-order valence-electron chi connectivity index (χ0n) is 15.5. The highest BCUT2D eigenvalue weighted by Gasteiger charge is 2.35. The molecule has 3 aromatic rings. The Kier molecular flexibility index (Phi) is 4.36. The molecule has 5 nitrogen and oxygen atoms in total. The van der Waals surface area contributed by atoms with Gasteiger partial charge in [-0.25, -0.2) is 4.98 Å². The number of hydrogen-bond acceptors (Lipinski definition) is 4. The van der Waals surface area contributed by atoms with Gasteiger partial charge in [0, 0.05) is 37.5 Å². The molecule has 28 heavy (non-hydrogen) atoms. The Bertz CT molecular complexity index is 1040. The van der Waals surface area contributed by atoms with Crippen molar-refractivity contribution in [2.75, 3.05) is 26.2 Å². The Morgan fingerprint density at radius 1 is 0.964 bits per heavy atom. The van der Waals surface area contributed by atoms with Crippen LogP contribution in [0.4, 0.5) is 0 Å². The van der Waals surface area contributed by atoms with E-state index < -0.39 is 0 Å². The normalized spacial score (nSPS) is 17.1. The molecular weight excluding hydrogens is 370 g/mol. The summed E-state index contributed by atoms with van der Waals surface area (Å²) in [6, 6.07) is 13.7. The molecule has 2 aromatic heterocycles. The number of thiophene rings is 1. The van der Waals surface area contributed by atoms with Crippen molar-refractivity contribution >= 4 is 34.1 Å². The summed E-state index contributed by atoms with van der Waals surface area (Å²) in [5, 5.41) is 2.90. The van der Waals surface area contributed by atoms with Crippen molar-refractivity contribution in [1.29, 1.82) is 0 Å². The molecule has 6 heteroatoms. The van der Waals surface area contributed by atoms with Crippen LogP contribution in [0.2, 0.25) is 0 Å². The standard InChI is InChI=1S/C22H21N3O2S/c26-21(15-7-8-15)24-9-11-25(12-10-24)22(27)17-14-19(20-6-3-13-28-20)23-18-5-2-1-4-16(17)18/h1-6,13-15H,7-12H2. The first kappa shape index (κ1) is 17.4. The largest absolute Gasteiger partial charge is 0.339 e. The summed E-state index contributed by atoms with van der Waals surface area (Å²) in [4.78, 5) is 35.2. The van der Waals surface area contributed by atoms with Gasteiger partial charge in [0.25, 0.3) is 5.91 Å². The summed E-state index contributed by atoms with van der Waals surface area (Å²) < 4.78 is 0. The van der Waals surface area contributed by atoms with E-state index in [0.29, 0.717) is 31.7 Å². The molecule has 0 bridgehead atoms. The highest BCUT2D eigenvalue weighted by Crippen LogP contribution is 2.32. The fourth-order valence-electron chi connectivity index (χ4n) is 3.79. The summed E-state index contributed by atoms with van der Waals surface area (Å²) in [5.74, 6) is 0.524. The third kappa shape index (κ3) is 3.18. The van der Waals surface area contributed by atoms with Crippen molar-refractivity contribution in [3.8, 4) is 10.6 Å². The van der Waals surface area contributed by atoms with Crippen molar-refractivity contribution in [3.05, 3.63) is 53.4 Å². The van der Waals surface area contributed by atoms with E-state index in [4.69, 9.17) is 4.98 Å². The number of para-hydroxylation sites is 1. The fourth-order valence-corrected chi connectivity index (χ4v) is 4.48. The molecular formula is C22H21N3O2S. The molecule has 3 heterocycles. The number of nitrogens with zero attached hydrogens (tertiary/aromatic N) is 3. The molecule has 0 radical (unpaired) electrons. The van der Waals surface area contributed by atoms with E-state index in [9.17, 15) is 9.59 Å². The van der Waals surface area contributed by atoms with Crippen molar-refractivity contribution in [3.63, 3.8) is 0 Å². The van der Waals surface area contributed by atoms with Gasteiger partial charge in [0.1, 0.15) is 0 Å². The monoisotopic (exact) mass is 391 g/mol. The molecule has 1 saturated heterocycles. The smallest absolute Gasteiger partial charge is 0.254 e. The van der Waals surface area contributed by atoms with E-state index in [2.05, 4.69) is 0 Å². The lowest BCUT2D eigenvalue weighted by molar-refractivity contribution is -0.134. The molecule has 2 fully saturated rings. The Balaban J connectivity index is 1.43. The first-order chi connectivity index (χ1) is 13.7. The van der Waals surface area contributed by atoms with Crippen LogP contribution in [0, 0.1) is 5.92 Å². The number of piperazine rings is 1. The van der Waals surface area contributed by atoms with E-state index in [-0.39, 0.29) is 17.7 Å². The fraction of sp³-hybridized carbons (Fsp3) is 0.318. The number of carbonyl (C=O) groups excluding carboxylic acids is 2. The Morgan fingerprint density at radius 3 is 2.43 bits per heavy atom. The topological polar surface area (TPSA) is 53.5 Å². The van der Waals surface area contributed by atoms with Crippen molar-refractivity contribution < 1.29 is 9.59 Å². The average molecular weight is 391 g/mol. The lowest BCUT2D eigenvalue weighted by Crippen LogP contribution is -2.51. The predicted molar refractivity (Wildman–Crippen MR) is 110 cm³/mol. The van der Waals surface area contributed by atoms with E-state index in [1.807, 2.05) is 57.6 Å². The van der Waals surface area contributed by atoms with Crippen LogP contribution in [0.3, 0.4) is 0 Å². The maximum atomic E-state index is 13.4. The van der Waals surface area contributed by atoms with Crippen molar-refractivity contribution in [2.45, 2.75) is 12.8 Å². The second-order valence-corrected chi connectivity index (χ2v) is 8.39. The van der Waals surface area contributed by atoms with Crippen LogP contribution in [-0.4, -0.2) is 52.8 Å². The van der Waals surface area contributed by atoms with Crippen LogP contribution in [-0.2, 0) is 4.79 Å². The number of benzene rings is 1. The van der Waals surface area contributed by atoms with E-state index in [1.165, 1.54) is 0 Å². The SMILES string of the molecule is O=C(c1cc(-c2cccs2)nc2ccccc12)N1CCN(C(=O)C2CC2)CC1. The molecule has 1 aromatic carbocycles. The van der Waals surface area contributed by atoms with Crippen LogP contribution in [0.1, 0.15) is 23.2 Å². The second kappa shape index (κ2) is 7.02. The molecule has 142 valence electrons. The Hall–Kier alpha value is -2.73. The molecule has 0 N–H and O–H groups in total. The number of carbonyl (C=O) groups is 2. The van der Waals surface area contributed by atoms with Crippen LogP contribution in [0.5, 0.6) is 0 Å². The van der Waals surface area contributed by atoms with Gasteiger partial charge in [0.2, 0.25) is 5.91 Å². The molecule has 0 atom stereocenters. The summed E-state index contributed by atoms with van der Waals surface area (Å²) >= 11 is 1.62. The van der Waals surface area contributed by atoms with E-state index in [1.54, 1.807) is 11.3 Å². The predicted octanol–water partition coefficient (Wildman–Crippen LogP) is 3.66. The summed E-state index contributed by atoms with van der Waals surface area (Å²) in [7, 11) is 0. The molecule has 2 aliphatic rings. The minimum absolute atomic E-state index is 0.0231. The van der Waals surface area contributed by atoms with Gasteiger partial charge < -0.3 is 9.80 Å². The number of aromatic nitrogens is 1. The maximum Gasteiger partial charge on any atom is 0.254 e. The summed E-state index contributed by atoms with van der Waals surface area (Å²) in [6.45, 7) is 2.42. The number of hydrogen-bond donors (Lipinski definition) is 0. The zero-order chi connectivity index (χ0) is 19.1. The van der Waals surface area contributed by atoms with Gasteiger partial charge >= 0.3 is 0 Å². The number of pyridine rings is 1. The maximum absolute atomic E-state index is 13.4. The van der Waals surface area contributed by atoms with Gasteiger partial charge in [-0.05, 0) is 36.4 Å². The van der Waals surface area contributed by atoms with E-state index >= 15 is 0 Å². The lowest BCUT2D eigenvalue weighted by atomic mass is 10.1. The molecule has 2 amide bonds. The molecule has 1 saturated carbocycles. The van der Waals surface area contributed by atoms with Crippen LogP contribution >= 0.6 is 11.3 Å². The zero-order valence-corrected chi connectivity index (χ0v) is 16.3. The molecule has 1 aliphatic heterocycles. The molecule has 1 aliphatic carbocycles. The highest BCUT2D eigenvalue weighted by atomic mass is 32.1. The second-order valence-electron chi connectivity index (χ2n) is 7.44. The Morgan fingerprint density at radius 2 is 1.71 bits per heavy atom. The molecule has 0 spiro atoms. The Labute approximate surface area is 167 Å². The van der Waals surface area contributed by atoms with Crippen LogP contribution < -0.4 is 0 Å². The molecule has 0 unspecified atom stereocenters. The quantitative estimate of drug-likeness (QED) is 0.685. The lowest BCUT2D eigenvalue weighted by Gasteiger charge is -2.35. The minimum Gasteiger partial charge on any atom is -0.339 e. The number of amides is 2. The van der Waals surface area contributed by atoms with Gasteiger partial charge in [-0.1, -0.05) is 24.3 Å². The van der Waals surface area contributed by atoms with Crippen LogP contribution in [0.15, 0.2) is 47.8 Å². The summed E-state index contributed by atoms with van der Waals surface area (Å²) in [5.41, 5.74) is 2.36.